The highest BCUT2D eigenvalue weighted by atomic mass is 16.5. The number of rotatable bonds is 1. The van der Waals surface area contributed by atoms with E-state index in [0.717, 1.165) is 12.8 Å². The van der Waals surface area contributed by atoms with Gasteiger partial charge >= 0.3 is 0 Å². The summed E-state index contributed by atoms with van der Waals surface area (Å²) in [6.45, 7) is 5.34. The number of amides is 1. The molecule has 1 amide bonds. The van der Waals surface area contributed by atoms with Crippen molar-refractivity contribution in [1.82, 2.24) is 4.90 Å². The van der Waals surface area contributed by atoms with E-state index < -0.39 is 5.54 Å². The fourth-order valence-corrected chi connectivity index (χ4v) is 1.85. The van der Waals surface area contributed by atoms with Gasteiger partial charge in [0.1, 0.15) is 0 Å². The number of hydrogen-bond acceptors (Lipinski definition) is 3. The number of nitrogens with two attached hydrogens (primary N) is 1. The third-order valence-corrected chi connectivity index (χ3v) is 3.36. The molecule has 2 atom stereocenters. The zero-order valence-electron chi connectivity index (χ0n) is 8.82. The first-order valence-electron chi connectivity index (χ1n) is 5.26. The van der Waals surface area contributed by atoms with Gasteiger partial charge in [-0.1, -0.05) is 0 Å². The highest BCUT2D eigenvalue weighted by Crippen LogP contribution is 2.35. The van der Waals surface area contributed by atoms with E-state index >= 15 is 0 Å². The fraction of sp³-hybridized carbons (Fsp3) is 0.900. The molecule has 1 aliphatic carbocycles. The third-order valence-electron chi connectivity index (χ3n) is 3.36. The summed E-state index contributed by atoms with van der Waals surface area (Å²) < 4.78 is 5.47. The van der Waals surface area contributed by atoms with E-state index in [1.165, 1.54) is 0 Å². The van der Waals surface area contributed by atoms with Crippen LogP contribution in [0.4, 0.5) is 0 Å². The number of carbonyl (C=O) groups excluding carboxylic acids is 1. The Morgan fingerprint density at radius 1 is 1.50 bits per heavy atom. The summed E-state index contributed by atoms with van der Waals surface area (Å²) >= 11 is 0. The van der Waals surface area contributed by atoms with E-state index in [1.54, 1.807) is 0 Å². The van der Waals surface area contributed by atoms with Crippen LogP contribution < -0.4 is 5.73 Å². The molecule has 1 saturated carbocycles. The number of carbonyl (C=O) groups is 1. The van der Waals surface area contributed by atoms with E-state index in [4.69, 9.17) is 10.5 Å². The molecule has 0 bridgehead atoms. The van der Waals surface area contributed by atoms with Crippen LogP contribution in [-0.4, -0.2) is 41.6 Å². The maximum absolute atomic E-state index is 12.0. The molecule has 4 nitrogen and oxygen atoms in total. The molecule has 0 aromatic heterocycles. The first-order valence-corrected chi connectivity index (χ1v) is 5.26. The Balaban J connectivity index is 2.05. The van der Waals surface area contributed by atoms with Gasteiger partial charge in [-0.15, -0.1) is 0 Å². The predicted molar refractivity (Wildman–Crippen MR) is 52.7 cm³/mol. The molecule has 0 radical (unpaired) electrons. The number of morpholine rings is 1. The summed E-state index contributed by atoms with van der Waals surface area (Å²) in [7, 11) is 0. The van der Waals surface area contributed by atoms with Crippen LogP contribution in [0.25, 0.3) is 0 Å². The molecule has 2 fully saturated rings. The average molecular weight is 198 g/mol. The maximum Gasteiger partial charge on any atom is 0.243 e. The Morgan fingerprint density at radius 3 is 2.71 bits per heavy atom. The smallest absolute Gasteiger partial charge is 0.243 e. The Kier molecular flexibility index (Phi) is 2.27. The molecule has 1 heterocycles. The fourth-order valence-electron chi connectivity index (χ4n) is 1.85. The van der Waals surface area contributed by atoms with Crippen molar-refractivity contribution in [2.45, 2.75) is 44.4 Å². The van der Waals surface area contributed by atoms with Gasteiger partial charge in [0.25, 0.3) is 0 Å². The van der Waals surface area contributed by atoms with Gasteiger partial charge in [0, 0.05) is 6.54 Å². The van der Waals surface area contributed by atoms with Crippen LogP contribution in [-0.2, 0) is 9.53 Å². The molecule has 2 rings (SSSR count). The van der Waals surface area contributed by atoms with E-state index in [-0.39, 0.29) is 18.1 Å². The monoisotopic (exact) mass is 198 g/mol. The topological polar surface area (TPSA) is 55.6 Å². The maximum atomic E-state index is 12.0. The van der Waals surface area contributed by atoms with Crippen molar-refractivity contribution < 1.29 is 9.53 Å². The van der Waals surface area contributed by atoms with E-state index in [0.29, 0.717) is 13.2 Å². The third kappa shape index (κ3) is 1.53. The largest absolute Gasteiger partial charge is 0.375 e. The quantitative estimate of drug-likeness (QED) is 0.651. The second-order valence-corrected chi connectivity index (χ2v) is 4.47. The first kappa shape index (κ1) is 9.93. The van der Waals surface area contributed by atoms with E-state index in [9.17, 15) is 4.79 Å². The van der Waals surface area contributed by atoms with Crippen molar-refractivity contribution in [3.63, 3.8) is 0 Å². The molecule has 0 aromatic carbocycles. The van der Waals surface area contributed by atoms with Gasteiger partial charge in [0.05, 0.1) is 24.3 Å². The van der Waals surface area contributed by atoms with Crippen molar-refractivity contribution in [2.75, 3.05) is 13.2 Å². The number of hydrogen-bond donors (Lipinski definition) is 1. The van der Waals surface area contributed by atoms with Crippen molar-refractivity contribution in [1.29, 1.82) is 0 Å². The predicted octanol–water partition coefficient (Wildman–Crippen LogP) is 0.113. The van der Waals surface area contributed by atoms with Gasteiger partial charge in [-0.2, -0.15) is 0 Å². The lowest BCUT2D eigenvalue weighted by Gasteiger charge is -2.39. The van der Waals surface area contributed by atoms with Crippen LogP contribution >= 0.6 is 0 Å². The Labute approximate surface area is 84.4 Å². The van der Waals surface area contributed by atoms with Crippen molar-refractivity contribution in [3.8, 4) is 0 Å². The lowest BCUT2D eigenvalue weighted by atomic mass is 10.1. The molecule has 1 aliphatic heterocycles. The summed E-state index contributed by atoms with van der Waals surface area (Å²) in [5.41, 5.74) is 5.36. The minimum Gasteiger partial charge on any atom is -0.375 e. The van der Waals surface area contributed by atoms with Crippen LogP contribution in [0.3, 0.4) is 0 Å². The highest BCUT2D eigenvalue weighted by molar-refractivity contribution is 5.89. The summed E-state index contributed by atoms with van der Waals surface area (Å²) in [5.74, 6) is 0.111. The zero-order valence-corrected chi connectivity index (χ0v) is 8.82. The van der Waals surface area contributed by atoms with Gasteiger partial charge in [0.15, 0.2) is 0 Å². The summed E-state index contributed by atoms with van der Waals surface area (Å²) in [4.78, 5) is 13.9. The molecular weight excluding hydrogens is 180 g/mol. The minimum atomic E-state index is -0.536. The average Bonchev–Trinajstić information content (AvgIpc) is 2.89. The van der Waals surface area contributed by atoms with Crippen LogP contribution in [0.2, 0.25) is 0 Å². The molecule has 0 aromatic rings. The second-order valence-electron chi connectivity index (χ2n) is 4.47. The normalized spacial score (nSPS) is 35.5. The molecule has 4 heteroatoms. The first-order chi connectivity index (χ1) is 6.54. The SMILES string of the molecule is CC1OCCN(C(=O)C2(N)CC2)C1C. The molecule has 0 spiro atoms. The zero-order chi connectivity index (χ0) is 10.3. The van der Waals surface area contributed by atoms with Crippen molar-refractivity contribution in [2.24, 2.45) is 5.73 Å². The standard InChI is InChI=1S/C10H18N2O2/c1-7-8(2)14-6-5-12(7)9(13)10(11)3-4-10/h7-8H,3-6,11H2,1-2H3. The molecule has 2 N–H and O–H groups in total. The molecule has 2 unspecified atom stereocenters. The van der Waals surface area contributed by atoms with Crippen molar-refractivity contribution >= 4 is 5.91 Å². The molecular formula is C10H18N2O2. The van der Waals surface area contributed by atoms with Gasteiger partial charge in [-0.3, -0.25) is 4.79 Å². The second kappa shape index (κ2) is 3.21. The molecule has 1 saturated heterocycles. The Morgan fingerprint density at radius 2 is 2.14 bits per heavy atom. The van der Waals surface area contributed by atoms with Gasteiger partial charge in [-0.05, 0) is 26.7 Å². The van der Waals surface area contributed by atoms with Crippen molar-refractivity contribution in [3.05, 3.63) is 0 Å². The summed E-state index contributed by atoms with van der Waals surface area (Å²) in [5, 5.41) is 0. The van der Waals surface area contributed by atoms with Gasteiger partial charge in [-0.25, -0.2) is 0 Å². The van der Waals surface area contributed by atoms with Gasteiger partial charge in [0.2, 0.25) is 5.91 Å². The van der Waals surface area contributed by atoms with Gasteiger partial charge < -0.3 is 15.4 Å². The van der Waals surface area contributed by atoms with Crippen LogP contribution in [0.15, 0.2) is 0 Å². The van der Waals surface area contributed by atoms with Crippen LogP contribution in [0.1, 0.15) is 26.7 Å². The lowest BCUT2D eigenvalue weighted by molar-refractivity contribution is -0.146. The van der Waals surface area contributed by atoms with Crippen LogP contribution in [0.5, 0.6) is 0 Å². The number of nitrogens with zero attached hydrogens (tertiary/aromatic N) is 1. The Bertz CT molecular complexity index is 251. The van der Waals surface area contributed by atoms with E-state index in [2.05, 4.69) is 0 Å². The highest BCUT2D eigenvalue weighted by Gasteiger charge is 2.49. The summed E-state index contributed by atoms with van der Waals surface area (Å²) in [6.07, 6.45) is 1.80. The molecule has 80 valence electrons. The molecule has 2 aliphatic rings. The minimum absolute atomic E-state index is 0.111. The van der Waals surface area contributed by atoms with Crippen LogP contribution in [0, 0.1) is 0 Å². The van der Waals surface area contributed by atoms with E-state index in [1.807, 2.05) is 18.7 Å². The molecule has 14 heavy (non-hydrogen) atoms. The number of ether oxygens (including phenoxy) is 1. The summed E-state index contributed by atoms with van der Waals surface area (Å²) in [6, 6.07) is 0.150. The lowest BCUT2D eigenvalue weighted by Crippen LogP contribution is -2.56. The Hall–Kier alpha value is -0.610.